The zero-order valence-corrected chi connectivity index (χ0v) is 17.7. The van der Waals surface area contributed by atoms with E-state index in [0.717, 1.165) is 47.5 Å². The molecule has 160 valence electrons. The summed E-state index contributed by atoms with van der Waals surface area (Å²) in [7, 11) is 2.03. The van der Waals surface area contributed by atoms with Crippen LogP contribution in [0.5, 0.6) is 0 Å². The second-order valence-electron chi connectivity index (χ2n) is 7.80. The van der Waals surface area contributed by atoms with Crippen LogP contribution < -0.4 is 16.4 Å². The number of halogens is 1. The summed E-state index contributed by atoms with van der Waals surface area (Å²) in [5, 5.41) is 13.9. The van der Waals surface area contributed by atoms with E-state index >= 15 is 0 Å². The molecule has 0 aliphatic carbocycles. The van der Waals surface area contributed by atoms with Crippen LogP contribution in [0.25, 0.3) is 0 Å². The first-order chi connectivity index (χ1) is 14.8. The Kier molecular flexibility index (Phi) is 5.51. The molecule has 1 aliphatic heterocycles. The molecule has 9 heteroatoms. The molecule has 0 atom stereocenters. The molecule has 8 nitrogen and oxygen atoms in total. The normalized spacial score (nSPS) is 13.5. The Morgan fingerprint density at radius 1 is 1.13 bits per heavy atom. The van der Waals surface area contributed by atoms with Crippen LogP contribution in [0.15, 0.2) is 30.3 Å². The SMILES string of the molecule is Cc1cccc(C)c1Nc1nc(Nc2cc3c(cc2F)CCN(C)C3)nnc1C(N)=O. The molecule has 0 bridgehead atoms. The van der Waals surface area contributed by atoms with E-state index < -0.39 is 11.7 Å². The van der Waals surface area contributed by atoms with Crippen LogP contribution in [-0.4, -0.2) is 39.6 Å². The van der Waals surface area contributed by atoms with Crippen molar-refractivity contribution in [2.75, 3.05) is 24.2 Å². The third-order valence-corrected chi connectivity index (χ3v) is 5.38. The number of carbonyl (C=O) groups excluding carboxylic acids is 1. The Balaban J connectivity index is 1.68. The van der Waals surface area contributed by atoms with Gasteiger partial charge in [0.2, 0.25) is 5.95 Å². The van der Waals surface area contributed by atoms with Crippen LogP contribution in [0.2, 0.25) is 0 Å². The highest BCUT2D eigenvalue weighted by atomic mass is 19.1. The monoisotopic (exact) mass is 421 g/mol. The van der Waals surface area contributed by atoms with E-state index in [0.29, 0.717) is 0 Å². The van der Waals surface area contributed by atoms with Gasteiger partial charge in [0.1, 0.15) is 5.82 Å². The van der Waals surface area contributed by atoms with E-state index in [4.69, 9.17) is 5.73 Å². The standard InChI is InChI=1S/C22H24FN7O/c1-12-5-4-6-13(2)18(12)26-21-19(20(24)31)28-29-22(27-21)25-17-10-15-11-30(3)8-7-14(15)9-16(17)23/h4-6,9-10H,7-8,11H2,1-3H3,(H2,24,31)(H2,25,26,27,29). The summed E-state index contributed by atoms with van der Waals surface area (Å²) in [6, 6.07) is 9.13. The number of primary amides is 1. The zero-order chi connectivity index (χ0) is 22.1. The van der Waals surface area contributed by atoms with Gasteiger partial charge in [-0.05, 0) is 61.7 Å². The summed E-state index contributed by atoms with van der Waals surface area (Å²) in [5.74, 6) is -0.944. The molecule has 31 heavy (non-hydrogen) atoms. The molecule has 0 spiro atoms. The largest absolute Gasteiger partial charge is 0.364 e. The van der Waals surface area contributed by atoms with E-state index in [-0.39, 0.29) is 23.1 Å². The van der Waals surface area contributed by atoms with Crippen LogP contribution >= 0.6 is 0 Å². The van der Waals surface area contributed by atoms with Crippen molar-refractivity contribution in [3.8, 4) is 0 Å². The smallest absolute Gasteiger partial charge is 0.273 e. The highest BCUT2D eigenvalue weighted by molar-refractivity contribution is 5.96. The predicted octanol–water partition coefficient (Wildman–Crippen LogP) is 3.20. The first-order valence-electron chi connectivity index (χ1n) is 9.96. The topological polar surface area (TPSA) is 109 Å². The average molecular weight is 421 g/mol. The fourth-order valence-corrected chi connectivity index (χ4v) is 3.70. The number of nitrogens with two attached hydrogens (primary N) is 1. The first kappa shape index (κ1) is 20.7. The third kappa shape index (κ3) is 4.31. The molecule has 0 saturated carbocycles. The van der Waals surface area contributed by atoms with Gasteiger partial charge in [0.25, 0.3) is 5.91 Å². The number of hydrogen-bond acceptors (Lipinski definition) is 7. The number of para-hydroxylation sites is 1. The van der Waals surface area contributed by atoms with Crippen LogP contribution in [0.1, 0.15) is 32.7 Å². The van der Waals surface area contributed by atoms with Gasteiger partial charge >= 0.3 is 0 Å². The van der Waals surface area contributed by atoms with Crippen LogP contribution in [-0.2, 0) is 13.0 Å². The lowest BCUT2D eigenvalue weighted by atomic mass is 9.99. The number of fused-ring (bicyclic) bond motifs is 1. The van der Waals surface area contributed by atoms with Gasteiger partial charge in [-0.2, -0.15) is 4.98 Å². The third-order valence-electron chi connectivity index (χ3n) is 5.38. The number of carbonyl (C=O) groups is 1. The van der Waals surface area contributed by atoms with Crippen molar-refractivity contribution in [2.24, 2.45) is 5.73 Å². The molecule has 1 aromatic heterocycles. The van der Waals surface area contributed by atoms with Gasteiger partial charge in [0.05, 0.1) is 5.69 Å². The van der Waals surface area contributed by atoms with Crippen molar-refractivity contribution in [1.29, 1.82) is 0 Å². The zero-order valence-electron chi connectivity index (χ0n) is 17.7. The van der Waals surface area contributed by atoms with E-state index in [1.165, 1.54) is 0 Å². The van der Waals surface area contributed by atoms with Gasteiger partial charge in [-0.15, -0.1) is 10.2 Å². The maximum absolute atomic E-state index is 14.7. The Labute approximate surface area is 179 Å². The number of aryl methyl sites for hydroxylation is 2. The lowest BCUT2D eigenvalue weighted by Gasteiger charge is -2.25. The molecule has 0 fully saturated rings. The number of anilines is 4. The lowest BCUT2D eigenvalue weighted by molar-refractivity contribution is 0.0995. The maximum atomic E-state index is 14.7. The summed E-state index contributed by atoms with van der Waals surface area (Å²) in [6.07, 6.45) is 0.804. The molecule has 2 heterocycles. The number of nitrogens with one attached hydrogen (secondary N) is 2. The highest BCUT2D eigenvalue weighted by Crippen LogP contribution is 2.28. The Morgan fingerprint density at radius 2 is 1.87 bits per heavy atom. The quantitative estimate of drug-likeness (QED) is 0.580. The van der Waals surface area contributed by atoms with Crippen LogP contribution in [0.4, 0.5) is 27.5 Å². The average Bonchev–Trinajstić information content (AvgIpc) is 2.71. The molecule has 1 amide bonds. The van der Waals surface area contributed by atoms with Crippen molar-refractivity contribution in [1.82, 2.24) is 20.1 Å². The molecule has 4 N–H and O–H groups in total. The molecule has 0 radical (unpaired) electrons. The van der Waals surface area contributed by atoms with E-state index in [1.54, 1.807) is 12.1 Å². The number of hydrogen-bond donors (Lipinski definition) is 3. The number of rotatable bonds is 5. The molecule has 2 aromatic carbocycles. The van der Waals surface area contributed by atoms with E-state index in [9.17, 15) is 9.18 Å². The van der Waals surface area contributed by atoms with Crippen molar-refractivity contribution in [2.45, 2.75) is 26.8 Å². The van der Waals surface area contributed by atoms with Gasteiger partial charge in [0.15, 0.2) is 11.5 Å². The Morgan fingerprint density at radius 3 is 2.58 bits per heavy atom. The van der Waals surface area contributed by atoms with E-state index in [2.05, 4.69) is 30.7 Å². The highest BCUT2D eigenvalue weighted by Gasteiger charge is 2.19. The first-order valence-corrected chi connectivity index (χ1v) is 9.96. The summed E-state index contributed by atoms with van der Waals surface area (Å²) in [5.41, 5.74) is 10.4. The van der Waals surface area contributed by atoms with Crippen molar-refractivity contribution >= 4 is 29.0 Å². The summed E-state index contributed by atoms with van der Waals surface area (Å²) in [6.45, 7) is 5.51. The fraction of sp³-hybridized carbons (Fsp3) is 0.273. The second kappa shape index (κ2) is 8.27. The van der Waals surface area contributed by atoms with Gasteiger partial charge in [-0.3, -0.25) is 4.79 Å². The van der Waals surface area contributed by atoms with Gasteiger partial charge < -0.3 is 21.3 Å². The van der Waals surface area contributed by atoms with Crippen molar-refractivity contribution < 1.29 is 9.18 Å². The summed E-state index contributed by atoms with van der Waals surface area (Å²) < 4.78 is 14.7. The van der Waals surface area contributed by atoms with Gasteiger partial charge in [0, 0.05) is 18.8 Å². The maximum Gasteiger partial charge on any atom is 0.273 e. The molecule has 3 aromatic rings. The second-order valence-corrected chi connectivity index (χ2v) is 7.80. The molecule has 0 saturated heterocycles. The minimum atomic E-state index is -0.761. The summed E-state index contributed by atoms with van der Waals surface area (Å²) >= 11 is 0. The minimum Gasteiger partial charge on any atom is -0.364 e. The number of amides is 1. The van der Waals surface area contributed by atoms with Gasteiger partial charge in [-0.1, -0.05) is 18.2 Å². The van der Waals surface area contributed by atoms with Crippen LogP contribution in [0, 0.1) is 19.7 Å². The minimum absolute atomic E-state index is 0.0572. The van der Waals surface area contributed by atoms with Crippen LogP contribution in [0.3, 0.4) is 0 Å². The Bertz CT molecular complexity index is 1140. The molecular weight excluding hydrogens is 397 g/mol. The van der Waals surface area contributed by atoms with Gasteiger partial charge in [-0.25, -0.2) is 4.39 Å². The Hall–Kier alpha value is -3.59. The molecule has 4 rings (SSSR count). The van der Waals surface area contributed by atoms with E-state index in [1.807, 2.05) is 39.1 Å². The fourth-order valence-electron chi connectivity index (χ4n) is 3.70. The number of nitrogens with zero attached hydrogens (tertiary/aromatic N) is 4. The number of likely N-dealkylation sites (N-methyl/N-ethyl adjacent to an activating group) is 1. The summed E-state index contributed by atoms with van der Waals surface area (Å²) in [4.78, 5) is 18.4. The number of aromatic nitrogens is 3. The molecule has 1 aliphatic rings. The van der Waals surface area contributed by atoms with Crippen molar-refractivity contribution in [3.63, 3.8) is 0 Å². The number of benzene rings is 2. The predicted molar refractivity (Wildman–Crippen MR) is 117 cm³/mol. The molecular formula is C22H24FN7O. The lowest BCUT2D eigenvalue weighted by Crippen LogP contribution is -2.26. The van der Waals surface area contributed by atoms with Crippen molar-refractivity contribution in [3.05, 3.63) is 64.1 Å². The molecule has 0 unspecified atom stereocenters.